The van der Waals surface area contributed by atoms with Crippen LogP contribution in [-0.4, -0.2) is 49.5 Å². The average molecular weight is 447 g/mol. The first-order valence-electron chi connectivity index (χ1n) is 11.5. The molecule has 5 heteroatoms. The Morgan fingerprint density at radius 1 is 1.00 bits per heavy atom. The first kappa shape index (κ1) is 25.7. The summed E-state index contributed by atoms with van der Waals surface area (Å²) in [5, 5.41) is 12.3. The van der Waals surface area contributed by atoms with Crippen LogP contribution in [0.3, 0.4) is 0 Å². The Morgan fingerprint density at radius 3 is 2.29 bits per heavy atom. The van der Waals surface area contributed by atoms with Crippen molar-refractivity contribution in [2.24, 2.45) is 0 Å². The highest BCUT2D eigenvalue weighted by molar-refractivity contribution is 5.35. The Bertz CT molecular complexity index is 734. The standard InChI is InChI=1S/C26H37NO3.ClH/c1-3-5-9-16-26(28,23-12-14-24(15-13-23)30-4-2)25(22-10-7-6-8-11-22)21-27-17-19-29-20-18-27;/h6-8,10-15,25,28H,3-5,9,16-21H2,1-2H3;1H/p-1. The van der Waals surface area contributed by atoms with E-state index in [1.807, 2.05) is 37.3 Å². The summed E-state index contributed by atoms with van der Waals surface area (Å²) < 4.78 is 11.2. The number of morpholine rings is 1. The van der Waals surface area contributed by atoms with Crippen LogP contribution in [-0.2, 0) is 10.3 Å². The molecule has 1 aliphatic rings. The maximum atomic E-state index is 12.3. The quantitative estimate of drug-likeness (QED) is 0.536. The fourth-order valence-corrected chi connectivity index (χ4v) is 4.43. The fraction of sp³-hybridized carbons (Fsp3) is 0.538. The average Bonchev–Trinajstić information content (AvgIpc) is 2.79. The summed E-state index contributed by atoms with van der Waals surface area (Å²) >= 11 is 0. The number of aliphatic hydroxyl groups is 1. The second kappa shape index (κ2) is 13.1. The van der Waals surface area contributed by atoms with E-state index in [4.69, 9.17) is 9.47 Å². The van der Waals surface area contributed by atoms with Gasteiger partial charge in [0.25, 0.3) is 0 Å². The molecule has 2 atom stereocenters. The van der Waals surface area contributed by atoms with Gasteiger partial charge >= 0.3 is 0 Å². The summed E-state index contributed by atoms with van der Waals surface area (Å²) in [5.41, 5.74) is 1.24. The van der Waals surface area contributed by atoms with Crippen molar-refractivity contribution in [2.45, 2.75) is 51.0 Å². The van der Waals surface area contributed by atoms with Crippen LogP contribution in [0, 0.1) is 0 Å². The lowest BCUT2D eigenvalue weighted by molar-refractivity contribution is -0.0296. The van der Waals surface area contributed by atoms with Gasteiger partial charge in [0, 0.05) is 25.6 Å². The predicted molar refractivity (Wildman–Crippen MR) is 122 cm³/mol. The monoisotopic (exact) mass is 446 g/mol. The van der Waals surface area contributed by atoms with Gasteiger partial charge in [0.1, 0.15) is 5.75 Å². The molecule has 0 bridgehead atoms. The van der Waals surface area contributed by atoms with Gasteiger partial charge in [-0.1, -0.05) is 68.7 Å². The number of rotatable bonds is 11. The summed E-state index contributed by atoms with van der Waals surface area (Å²) in [6.45, 7) is 9.01. The van der Waals surface area contributed by atoms with E-state index in [2.05, 4.69) is 36.1 Å². The molecule has 0 saturated carbocycles. The van der Waals surface area contributed by atoms with Gasteiger partial charge in [-0.2, -0.15) is 0 Å². The van der Waals surface area contributed by atoms with Crippen molar-refractivity contribution in [3.63, 3.8) is 0 Å². The lowest BCUT2D eigenvalue weighted by Crippen LogP contribution is -3.00. The molecular formula is C26H37ClNO3-. The molecule has 4 nitrogen and oxygen atoms in total. The van der Waals surface area contributed by atoms with Gasteiger partial charge in [-0.3, -0.25) is 4.90 Å². The summed E-state index contributed by atoms with van der Waals surface area (Å²) in [7, 11) is 0. The van der Waals surface area contributed by atoms with Gasteiger partial charge in [-0.25, -0.2) is 0 Å². The summed E-state index contributed by atoms with van der Waals surface area (Å²) in [5.74, 6) is 0.841. The van der Waals surface area contributed by atoms with Crippen LogP contribution in [0.25, 0.3) is 0 Å². The third-order valence-corrected chi connectivity index (χ3v) is 6.15. The summed E-state index contributed by atoms with van der Waals surface area (Å²) in [6, 6.07) is 18.6. The zero-order valence-electron chi connectivity index (χ0n) is 18.9. The highest BCUT2D eigenvalue weighted by Crippen LogP contribution is 2.42. The first-order chi connectivity index (χ1) is 14.7. The SMILES string of the molecule is CCCCCC(O)(c1ccc(OCC)cc1)C(CN1CCOCC1)c1ccccc1.[Cl-]. The van der Waals surface area contributed by atoms with E-state index in [1.54, 1.807) is 0 Å². The van der Waals surface area contributed by atoms with Crippen LogP contribution < -0.4 is 17.1 Å². The van der Waals surface area contributed by atoms with Crippen molar-refractivity contribution in [3.8, 4) is 5.75 Å². The number of benzene rings is 2. The molecule has 31 heavy (non-hydrogen) atoms. The minimum absolute atomic E-state index is 0. The van der Waals surface area contributed by atoms with Crippen LogP contribution in [0.15, 0.2) is 54.6 Å². The van der Waals surface area contributed by atoms with Crippen LogP contribution >= 0.6 is 0 Å². The van der Waals surface area contributed by atoms with E-state index in [9.17, 15) is 5.11 Å². The van der Waals surface area contributed by atoms with E-state index in [-0.39, 0.29) is 18.3 Å². The third kappa shape index (κ3) is 6.95. The van der Waals surface area contributed by atoms with E-state index < -0.39 is 5.60 Å². The van der Waals surface area contributed by atoms with Crippen molar-refractivity contribution in [2.75, 3.05) is 39.5 Å². The van der Waals surface area contributed by atoms with Crippen LogP contribution in [0.1, 0.15) is 56.6 Å². The van der Waals surface area contributed by atoms with Crippen LogP contribution in [0.2, 0.25) is 0 Å². The van der Waals surface area contributed by atoms with Crippen molar-refractivity contribution in [1.82, 2.24) is 4.90 Å². The van der Waals surface area contributed by atoms with E-state index in [1.165, 1.54) is 5.56 Å². The number of hydrogen-bond donors (Lipinski definition) is 1. The number of hydrogen-bond acceptors (Lipinski definition) is 4. The fourth-order valence-electron chi connectivity index (χ4n) is 4.43. The van der Waals surface area contributed by atoms with E-state index in [0.29, 0.717) is 6.61 Å². The maximum absolute atomic E-state index is 12.3. The van der Waals surface area contributed by atoms with Crippen molar-refractivity contribution in [3.05, 3.63) is 65.7 Å². The molecule has 172 valence electrons. The van der Waals surface area contributed by atoms with Gasteiger partial charge in [0.2, 0.25) is 0 Å². The first-order valence-corrected chi connectivity index (χ1v) is 11.5. The van der Waals surface area contributed by atoms with E-state index in [0.717, 1.165) is 69.8 Å². The maximum Gasteiger partial charge on any atom is 0.119 e. The highest BCUT2D eigenvalue weighted by atomic mass is 35.5. The number of halogens is 1. The minimum atomic E-state index is -0.931. The Hall–Kier alpha value is -1.59. The lowest BCUT2D eigenvalue weighted by Gasteiger charge is -2.41. The molecule has 2 unspecified atom stereocenters. The molecule has 2 aromatic carbocycles. The van der Waals surface area contributed by atoms with Gasteiger partial charge in [0.05, 0.1) is 25.4 Å². The molecular weight excluding hydrogens is 410 g/mol. The summed E-state index contributed by atoms with van der Waals surface area (Å²) in [6.07, 6.45) is 4.02. The van der Waals surface area contributed by atoms with E-state index >= 15 is 0 Å². The molecule has 3 rings (SSSR count). The van der Waals surface area contributed by atoms with Gasteiger partial charge in [-0.15, -0.1) is 0 Å². The lowest BCUT2D eigenvalue weighted by atomic mass is 9.74. The highest BCUT2D eigenvalue weighted by Gasteiger charge is 2.40. The summed E-state index contributed by atoms with van der Waals surface area (Å²) in [4.78, 5) is 2.43. The molecule has 1 heterocycles. The van der Waals surface area contributed by atoms with Gasteiger partial charge < -0.3 is 27.0 Å². The molecule has 1 fully saturated rings. The molecule has 0 aliphatic carbocycles. The van der Waals surface area contributed by atoms with Crippen LogP contribution in [0.4, 0.5) is 0 Å². The molecule has 1 aliphatic heterocycles. The zero-order chi connectivity index (χ0) is 21.2. The molecule has 2 aromatic rings. The smallest absolute Gasteiger partial charge is 0.119 e. The van der Waals surface area contributed by atoms with Crippen molar-refractivity contribution in [1.29, 1.82) is 0 Å². The molecule has 0 amide bonds. The molecule has 0 aromatic heterocycles. The Morgan fingerprint density at radius 2 is 1.68 bits per heavy atom. The number of ether oxygens (including phenoxy) is 2. The normalized spacial score (nSPS) is 17.4. The van der Waals surface area contributed by atoms with Crippen molar-refractivity contribution < 1.29 is 27.0 Å². The molecule has 0 radical (unpaired) electrons. The predicted octanol–water partition coefficient (Wildman–Crippen LogP) is 1.97. The van der Waals surface area contributed by atoms with Gasteiger partial charge in [0.15, 0.2) is 0 Å². The molecule has 1 N–H and O–H groups in total. The second-order valence-corrected chi connectivity index (χ2v) is 8.22. The molecule has 0 spiro atoms. The topological polar surface area (TPSA) is 41.9 Å². The Kier molecular flexibility index (Phi) is 10.8. The van der Waals surface area contributed by atoms with Crippen LogP contribution in [0.5, 0.6) is 5.75 Å². The number of unbranched alkanes of at least 4 members (excludes halogenated alkanes) is 2. The molecule has 1 saturated heterocycles. The van der Waals surface area contributed by atoms with Crippen molar-refractivity contribution >= 4 is 0 Å². The zero-order valence-corrected chi connectivity index (χ0v) is 19.7. The Labute approximate surface area is 194 Å². The minimum Gasteiger partial charge on any atom is -1.00 e. The van der Waals surface area contributed by atoms with Gasteiger partial charge in [-0.05, 0) is 36.6 Å². The Balaban J connectivity index is 0.00000341. The third-order valence-electron chi connectivity index (χ3n) is 6.15. The largest absolute Gasteiger partial charge is 1.00 e. The second-order valence-electron chi connectivity index (χ2n) is 8.22. The number of nitrogens with zero attached hydrogens (tertiary/aromatic N) is 1.